The molecule has 0 bridgehead atoms. The van der Waals surface area contributed by atoms with Crippen molar-refractivity contribution in [3.05, 3.63) is 152 Å². The third kappa shape index (κ3) is 3.33. The first-order chi connectivity index (χ1) is 20.9. The lowest BCUT2D eigenvalue weighted by Crippen LogP contribution is -2.24. The van der Waals surface area contributed by atoms with Crippen LogP contribution in [0.25, 0.3) is 58.6 Å². The third-order valence-electron chi connectivity index (χ3n) is 8.31. The summed E-state index contributed by atoms with van der Waals surface area (Å²) in [6.45, 7) is 0. The minimum atomic E-state index is 1.11. The number of fused-ring (bicyclic) bond motifs is 9. The van der Waals surface area contributed by atoms with Crippen molar-refractivity contribution in [2.24, 2.45) is 0 Å². The predicted octanol–water partition coefficient (Wildman–Crippen LogP) is 10.7. The minimum absolute atomic E-state index is 1.11. The molecule has 0 N–H and O–H groups in total. The van der Waals surface area contributed by atoms with Crippen LogP contribution in [0.5, 0.6) is 0 Å². The van der Waals surface area contributed by atoms with Crippen LogP contribution < -0.4 is 5.01 Å². The number of hydrogen-bond donors (Lipinski definition) is 0. The summed E-state index contributed by atoms with van der Waals surface area (Å²) < 4.78 is 7.38. The monoisotopic (exact) mass is 555 g/mol. The van der Waals surface area contributed by atoms with Gasteiger partial charge in [0, 0.05) is 48.2 Å². The summed E-state index contributed by atoms with van der Waals surface area (Å²) in [4.78, 5) is 0. The Labute approximate surface area is 246 Å². The highest BCUT2D eigenvalue weighted by Crippen LogP contribution is 2.45. The van der Waals surface area contributed by atoms with Crippen molar-refractivity contribution in [3.8, 4) is 5.69 Å². The molecule has 0 aliphatic heterocycles. The van der Waals surface area contributed by atoms with E-state index < -0.39 is 0 Å². The molecule has 3 heterocycles. The number of aromatic nitrogens is 2. The van der Waals surface area contributed by atoms with Crippen LogP contribution in [0.4, 0.5) is 11.4 Å². The van der Waals surface area contributed by atoms with Gasteiger partial charge >= 0.3 is 0 Å². The van der Waals surface area contributed by atoms with E-state index in [9.17, 15) is 0 Å². The molecule has 0 unspecified atom stereocenters. The Morgan fingerprint density at radius 1 is 0.452 bits per heavy atom. The van der Waals surface area contributed by atoms with Crippen molar-refractivity contribution in [1.82, 2.24) is 9.24 Å². The molecule has 9 rings (SSSR count). The molecule has 0 atom stereocenters. The number of hydrogen-bond acceptors (Lipinski definition) is 2. The van der Waals surface area contributed by atoms with E-state index in [4.69, 9.17) is 0 Å². The molecule has 3 nitrogen and oxygen atoms in total. The zero-order valence-corrected chi connectivity index (χ0v) is 23.5. The summed E-state index contributed by atoms with van der Waals surface area (Å²) in [6.07, 6.45) is 2.20. The molecule has 0 radical (unpaired) electrons. The number of thiophene rings is 1. The molecule has 0 aliphatic rings. The number of para-hydroxylation sites is 3. The van der Waals surface area contributed by atoms with Gasteiger partial charge in [0.1, 0.15) is 0 Å². The van der Waals surface area contributed by atoms with E-state index in [2.05, 4.69) is 166 Å². The fourth-order valence-electron chi connectivity index (χ4n) is 6.53. The molecule has 6 aromatic carbocycles. The van der Waals surface area contributed by atoms with E-state index in [0.717, 1.165) is 17.1 Å². The van der Waals surface area contributed by atoms with E-state index >= 15 is 0 Å². The zero-order valence-electron chi connectivity index (χ0n) is 22.7. The third-order valence-corrected chi connectivity index (χ3v) is 9.45. The molecular weight excluding hydrogens is 531 g/mol. The van der Waals surface area contributed by atoms with Gasteiger partial charge in [0.2, 0.25) is 0 Å². The molecule has 3 aromatic heterocycles. The molecule has 0 spiro atoms. The van der Waals surface area contributed by atoms with Crippen LogP contribution in [0.1, 0.15) is 0 Å². The maximum absolute atomic E-state index is 2.48. The van der Waals surface area contributed by atoms with Gasteiger partial charge in [0.15, 0.2) is 0 Å². The highest BCUT2D eigenvalue weighted by atomic mass is 32.1. The molecular formula is C38H25N3S. The maximum atomic E-state index is 2.48. The van der Waals surface area contributed by atoms with Gasteiger partial charge in [-0.1, -0.05) is 78.9 Å². The lowest BCUT2D eigenvalue weighted by molar-refractivity contribution is 0.892. The van der Waals surface area contributed by atoms with Gasteiger partial charge in [-0.05, 0) is 66.7 Å². The fraction of sp³-hybridized carbons (Fsp3) is 0. The van der Waals surface area contributed by atoms with Crippen LogP contribution in [-0.2, 0) is 0 Å². The molecule has 0 saturated heterocycles. The zero-order chi connectivity index (χ0) is 27.6. The van der Waals surface area contributed by atoms with Crippen LogP contribution in [0.15, 0.2) is 152 Å². The molecule has 4 heteroatoms. The summed E-state index contributed by atoms with van der Waals surface area (Å²) in [6, 6.07) is 52.4. The summed E-state index contributed by atoms with van der Waals surface area (Å²) in [7, 11) is 0. The Morgan fingerprint density at radius 3 is 1.81 bits per heavy atom. The first-order valence-corrected chi connectivity index (χ1v) is 15.0. The first-order valence-electron chi connectivity index (χ1n) is 14.2. The normalized spacial score (nSPS) is 11.8. The van der Waals surface area contributed by atoms with E-state index in [1.165, 1.54) is 52.9 Å². The van der Waals surface area contributed by atoms with Crippen molar-refractivity contribution in [1.29, 1.82) is 0 Å². The van der Waals surface area contributed by atoms with Gasteiger partial charge in [-0.15, -0.1) is 11.3 Å². The quantitative estimate of drug-likeness (QED) is 0.210. The summed E-state index contributed by atoms with van der Waals surface area (Å²) in [5, 5.41) is 8.71. The van der Waals surface area contributed by atoms with Crippen molar-refractivity contribution in [2.75, 3.05) is 5.01 Å². The number of anilines is 2. The second kappa shape index (κ2) is 9.10. The predicted molar refractivity (Wildman–Crippen MR) is 180 cm³/mol. The van der Waals surface area contributed by atoms with Gasteiger partial charge in [-0.3, -0.25) is 0 Å². The topological polar surface area (TPSA) is 13.1 Å². The number of nitrogens with zero attached hydrogens (tertiary/aromatic N) is 3. The Balaban J connectivity index is 1.52. The lowest BCUT2D eigenvalue weighted by atomic mass is 10.1. The van der Waals surface area contributed by atoms with Crippen molar-refractivity contribution >= 4 is 75.6 Å². The molecule has 0 fully saturated rings. The average Bonchev–Trinajstić information content (AvgIpc) is 3.75. The van der Waals surface area contributed by atoms with Crippen LogP contribution in [0.2, 0.25) is 0 Å². The van der Waals surface area contributed by atoms with Crippen LogP contribution >= 0.6 is 11.3 Å². The van der Waals surface area contributed by atoms with E-state index in [-0.39, 0.29) is 0 Å². The van der Waals surface area contributed by atoms with Crippen molar-refractivity contribution in [3.63, 3.8) is 0 Å². The summed E-state index contributed by atoms with van der Waals surface area (Å²) in [5.41, 5.74) is 6.99. The van der Waals surface area contributed by atoms with Gasteiger partial charge in [-0.2, -0.15) is 0 Å². The van der Waals surface area contributed by atoms with Gasteiger partial charge in [0.25, 0.3) is 0 Å². The Kier molecular flexibility index (Phi) is 5.07. The van der Waals surface area contributed by atoms with Gasteiger partial charge < -0.3 is 4.57 Å². The number of benzene rings is 6. The van der Waals surface area contributed by atoms with Crippen LogP contribution in [0, 0.1) is 0 Å². The number of rotatable bonds is 4. The standard InChI is InChI=1S/C38H25N3S/c1-4-12-26(13-5-1)39-25-24-31-33(39)22-20-29-30-21-23-35-36(32-18-10-11-19-34(32)42-35)38(30)41(37(29)31)40(27-14-6-2-7-15-27)28-16-8-3-9-17-28/h1-25H. The van der Waals surface area contributed by atoms with Crippen LogP contribution in [0.3, 0.4) is 0 Å². The highest BCUT2D eigenvalue weighted by molar-refractivity contribution is 7.26. The molecule has 9 aromatic rings. The fourth-order valence-corrected chi connectivity index (χ4v) is 7.63. The lowest BCUT2D eigenvalue weighted by Gasteiger charge is -2.28. The van der Waals surface area contributed by atoms with E-state index in [1.807, 2.05) is 11.3 Å². The Hall–Kier alpha value is -5.32. The molecule has 42 heavy (non-hydrogen) atoms. The summed E-state index contributed by atoms with van der Waals surface area (Å²) >= 11 is 1.87. The van der Waals surface area contributed by atoms with Crippen molar-refractivity contribution in [2.45, 2.75) is 0 Å². The van der Waals surface area contributed by atoms with E-state index in [0.29, 0.717) is 0 Å². The Bertz CT molecular complexity index is 2360. The average molecular weight is 556 g/mol. The van der Waals surface area contributed by atoms with Gasteiger partial charge in [0.05, 0.1) is 27.9 Å². The molecule has 0 saturated carbocycles. The molecule has 0 aliphatic carbocycles. The molecule has 198 valence electrons. The van der Waals surface area contributed by atoms with Crippen molar-refractivity contribution < 1.29 is 0 Å². The van der Waals surface area contributed by atoms with Crippen LogP contribution in [-0.4, -0.2) is 9.24 Å². The Morgan fingerprint density at radius 2 is 1.07 bits per heavy atom. The van der Waals surface area contributed by atoms with Gasteiger partial charge in [-0.25, -0.2) is 9.69 Å². The minimum Gasteiger partial charge on any atom is -0.316 e. The SMILES string of the molecule is c1ccc(N(c2ccccc2)n2c3c(ccc4c3ccn4-c3ccccc3)c3ccc4sc5ccccc5c4c32)cc1. The largest absolute Gasteiger partial charge is 0.316 e. The molecule has 0 amide bonds. The second-order valence-corrected chi connectivity index (χ2v) is 11.7. The first kappa shape index (κ1) is 23.4. The second-order valence-electron chi connectivity index (χ2n) is 10.6. The van der Waals surface area contributed by atoms with E-state index in [1.54, 1.807) is 0 Å². The summed E-state index contributed by atoms with van der Waals surface area (Å²) in [5.74, 6) is 0. The smallest absolute Gasteiger partial charge is 0.0810 e. The maximum Gasteiger partial charge on any atom is 0.0810 e. The highest BCUT2D eigenvalue weighted by Gasteiger charge is 2.24.